The summed E-state index contributed by atoms with van der Waals surface area (Å²) in [5.74, 6) is -0.0301. The Morgan fingerprint density at radius 2 is 2.37 bits per heavy atom. The molecule has 0 aliphatic heterocycles. The number of carbonyl (C=O) groups excluding carboxylic acids is 1. The van der Waals surface area contributed by atoms with Crippen molar-refractivity contribution in [3.63, 3.8) is 0 Å². The molecule has 1 unspecified atom stereocenters. The summed E-state index contributed by atoms with van der Waals surface area (Å²) in [5.41, 5.74) is 3.77. The number of carbonyl (C=O) groups is 1. The van der Waals surface area contributed by atoms with Crippen molar-refractivity contribution in [3.8, 4) is 0 Å². The number of rotatable bonds is 2. The van der Waals surface area contributed by atoms with Crippen LogP contribution in [0.3, 0.4) is 0 Å². The van der Waals surface area contributed by atoms with Crippen LogP contribution in [0.15, 0.2) is 18.2 Å². The van der Waals surface area contributed by atoms with Crippen LogP contribution < -0.4 is 0 Å². The average molecular weight is 369 g/mol. The first-order valence-electron chi connectivity index (χ1n) is 6.64. The third-order valence-corrected chi connectivity index (χ3v) is 4.44. The van der Waals surface area contributed by atoms with Crippen molar-refractivity contribution < 1.29 is 9.53 Å². The van der Waals surface area contributed by atoms with Gasteiger partial charge in [0.25, 0.3) is 0 Å². The molecule has 19 heavy (non-hydrogen) atoms. The minimum Gasteiger partial charge on any atom is -0.466 e. The van der Waals surface area contributed by atoms with Crippen molar-refractivity contribution >= 4 is 39.5 Å². The highest BCUT2D eigenvalue weighted by Crippen LogP contribution is 2.33. The third-order valence-electron chi connectivity index (χ3n) is 3.77. The molecule has 0 radical (unpaired) electrons. The summed E-state index contributed by atoms with van der Waals surface area (Å²) >= 11 is 2.33. The SMILES string of the molecule is CCOC(=O)C1CCc2[nH]c3ccc(I)cc3c2C1. The zero-order valence-corrected chi connectivity index (χ0v) is 13.0. The van der Waals surface area contributed by atoms with Gasteiger partial charge in [-0.1, -0.05) is 0 Å². The number of benzene rings is 1. The Balaban J connectivity index is 1.97. The predicted octanol–water partition coefficient (Wildman–Crippen LogP) is 3.44. The first kappa shape index (κ1) is 13.0. The van der Waals surface area contributed by atoms with E-state index in [2.05, 4.69) is 45.8 Å². The van der Waals surface area contributed by atoms with Crippen molar-refractivity contribution in [3.05, 3.63) is 33.0 Å². The molecule has 1 atom stereocenters. The lowest BCUT2D eigenvalue weighted by Gasteiger charge is -2.20. The average Bonchev–Trinajstić information content (AvgIpc) is 2.76. The van der Waals surface area contributed by atoms with E-state index in [4.69, 9.17) is 4.74 Å². The number of H-pyrrole nitrogens is 1. The lowest BCUT2D eigenvalue weighted by Crippen LogP contribution is -2.24. The van der Waals surface area contributed by atoms with Gasteiger partial charge in [-0.3, -0.25) is 4.79 Å². The fourth-order valence-electron chi connectivity index (χ4n) is 2.85. The summed E-state index contributed by atoms with van der Waals surface area (Å²) in [6.45, 7) is 2.33. The smallest absolute Gasteiger partial charge is 0.309 e. The molecule has 0 saturated carbocycles. The van der Waals surface area contributed by atoms with Crippen molar-refractivity contribution in [1.29, 1.82) is 0 Å². The zero-order chi connectivity index (χ0) is 13.4. The number of ether oxygens (including phenoxy) is 1. The van der Waals surface area contributed by atoms with Crippen LogP contribution in [-0.2, 0) is 22.4 Å². The Morgan fingerprint density at radius 1 is 1.53 bits per heavy atom. The van der Waals surface area contributed by atoms with Crippen molar-refractivity contribution in [2.75, 3.05) is 6.61 Å². The molecular formula is C15H16INO2. The van der Waals surface area contributed by atoms with Crippen LogP contribution in [0, 0.1) is 9.49 Å². The summed E-state index contributed by atoms with van der Waals surface area (Å²) in [7, 11) is 0. The van der Waals surface area contributed by atoms with E-state index in [0.29, 0.717) is 6.61 Å². The van der Waals surface area contributed by atoms with Gasteiger partial charge in [0.05, 0.1) is 12.5 Å². The van der Waals surface area contributed by atoms with Crippen LogP contribution in [0.2, 0.25) is 0 Å². The minimum absolute atomic E-state index is 0.0179. The molecule has 1 aromatic carbocycles. The van der Waals surface area contributed by atoms with E-state index in [1.165, 1.54) is 25.7 Å². The second-order valence-electron chi connectivity index (χ2n) is 4.96. The summed E-state index contributed by atoms with van der Waals surface area (Å²) in [4.78, 5) is 15.4. The van der Waals surface area contributed by atoms with Crippen LogP contribution >= 0.6 is 22.6 Å². The Bertz CT molecular complexity index is 632. The van der Waals surface area contributed by atoms with E-state index < -0.39 is 0 Å². The summed E-state index contributed by atoms with van der Waals surface area (Å²) in [6.07, 6.45) is 2.62. The van der Waals surface area contributed by atoms with Gasteiger partial charge in [-0.05, 0) is 72.5 Å². The number of aromatic amines is 1. The number of fused-ring (bicyclic) bond motifs is 3. The molecule has 1 aromatic heterocycles. The summed E-state index contributed by atoms with van der Waals surface area (Å²) in [6, 6.07) is 6.42. The Kier molecular flexibility index (Phi) is 3.52. The molecule has 0 fully saturated rings. The van der Waals surface area contributed by atoms with E-state index in [0.717, 1.165) is 19.3 Å². The molecular weight excluding hydrogens is 353 g/mol. The van der Waals surface area contributed by atoms with Gasteiger partial charge in [0.1, 0.15) is 0 Å². The number of aryl methyl sites for hydroxylation is 1. The molecule has 1 aliphatic rings. The number of nitrogens with one attached hydrogen (secondary N) is 1. The van der Waals surface area contributed by atoms with Gasteiger partial charge < -0.3 is 9.72 Å². The Hall–Kier alpha value is -1.04. The van der Waals surface area contributed by atoms with Gasteiger partial charge in [-0.15, -0.1) is 0 Å². The lowest BCUT2D eigenvalue weighted by molar-refractivity contribution is -0.148. The monoisotopic (exact) mass is 369 g/mol. The van der Waals surface area contributed by atoms with Gasteiger partial charge in [-0.2, -0.15) is 0 Å². The van der Waals surface area contributed by atoms with Crippen LogP contribution in [-0.4, -0.2) is 17.6 Å². The zero-order valence-electron chi connectivity index (χ0n) is 10.8. The van der Waals surface area contributed by atoms with Gasteiger partial charge in [-0.25, -0.2) is 0 Å². The van der Waals surface area contributed by atoms with Gasteiger partial charge >= 0.3 is 5.97 Å². The van der Waals surface area contributed by atoms with Crippen LogP contribution in [0.1, 0.15) is 24.6 Å². The van der Waals surface area contributed by atoms with Crippen molar-refractivity contribution in [1.82, 2.24) is 4.98 Å². The number of hydrogen-bond donors (Lipinski definition) is 1. The summed E-state index contributed by atoms with van der Waals surface area (Å²) in [5, 5.41) is 1.26. The van der Waals surface area contributed by atoms with E-state index in [1.807, 2.05) is 6.92 Å². The maximum Gasteiger partial charge on any atom is 0.309 e. The molecule has 1 N–H and O–H groups in total. The number of halogens is 1. The first-order chi connectivity index (χ1) is 9.19. The lowest BCUT2D eigenvalue weighted by atomic mass is 9.86. The molecule has 2 aromatic rings. The van der Waals surface area contributed by atoms with Gasteiger partial charge in [0.15, 0.2) is 0 Å². The molecule has 0 spiro atoms. The molecule has 0 bridgehead atoms. The maximum absolute atomic E-state index is 11.9. The predicted molar refractivity (Wildman–Crippen MR) is 83.2 cm³/mol. The number of aromatic nitrogens is 1. The molecule has 3 rings (SSSR count). The Morgan fingerprint density at radius 3 is 3.16 bits per heavy atom. The Labute approximate surface area is 125 Å². The highest BCUT2D eigenvalue weighted by Gasteiger charge is 2.28. The van der Waals surface area contributed by atoms with Crippen LogP contribution in [0.4, 0.5) is 0 Å². The molecule has 0 saturated heterocycles. The molecule has 100 valence electrons. The van der Waals surface area contributed by atoms with E-state index >= 15 is 0 Å². The normalized spacial score (nSPS) is 18.3. The fraction of sp³-hybridized carbons (Fsp3) is 0.400. The first-order valence-corrected chi connectivity index (χ1v) is 7.72. The minimum atomic E-state index is -0.0480. The van der Waals surface area contributed by atoms with Gasteiger partial charge in [0.2, 0.25) is 0 Å². The molecule has 3 nitrogen and oxygen atoms in total. The van der Waals surface area contributed by atoms with Crippen LogP contribution in [0.25, 0.3) is 10.9 Å². The van der Waals surface area contributed by atoms with E-state index in [9.17, 15) is 4.79 Å². The number of esters is 1. The summed E-state index contributed by atoms with van der Waals surface area (Å²) < 4.78 is 6.39. The fourth-order valence-corrected chi connectivity index (χ4v) is 3.34. The van der Waals surface area contributed by atoms with Crippen LogP contribution in [0.5, 0.6) is 0 Å². The topological polar surface area (TPSA) is 42.1 Å². The van der Waals surface area contributed by atoms with E-state index in [-0.39, 0.29) is 11.9 Å². The molecule has 0 amide bonds. The molecule has 4 heteroatoms. The standard InChI is InChI=1S/C15H16INO2/c1-2-19-15(18)9-3-5-13-11(7-9)12-8-10(16)4-6-14(12)17-13/h4,6,8-9,17H,2-3,5,7H2,1H3. The maximum atomic E-state index is 11.9. The van der Waals surface area contributed by atoms with Crippen molar-refractivity contribution in [2.24, 2.45) is 5.92 Å². The quantitative estimate of drug-likeness (QED) is 0.651. The van der Waals surface area contributed by atoms with Gasteiger partial charge in [0, 0.05) is 20.2 Å². The highest BCUT2D eigenvalue weighted by atomic mass is 127. The van der Waals surface area contributed by atoms with E-state index in [1.54, 1.807) is 0 Å². The van der Waals surface area contributed by atoms with Crippen molar-refractivity contribution in [2.45, 2.75) is 26.2 Å². The largest absolute Gasteiger partial charge is 0.466 e. The second kappa shape index (κ2) is 5.15. The molecule has 1 aliphatic carbocycles. The third kappa shape index (κ3) is 2.38. The second-order valence-corrected chi connectivity index (χ2v) is 6.21. The highest BCUT2D eigenvalue weighted by molar-refractivity contribution is 14.1. The number of hydrogen-bond acceptors (Lipinski definition) is 2. The molecule has 1 heterocycles.